The Hall–Kier alpha value is -2.74. The number of aliphatic hydroxyl groups is 2. The van der Waals surface area contributed by atoms with Gasteiger partial charge in [-0.15, -0.1) is 0 Å². The van der Waals surface area contributed by atoms with Gasteiger partial charge >= 0.3 is 7.82 Å². The monoisotopic (exact) mass is 837 g/mol. The van der Waals surface area contributed by atoms with Crippen LogP contribution in [0.1, 0.15) is 121 Å². The number of unbranched alkanes of at least 4 members (excludes halogenated alkanes) is 15. The molecule has 1 aromatic carbocycles. The number of aliphatic hydroxyl groups excluding tert-OH is 1. The van der Waals surface area contributed by atoms with Crippen molar-refractivity contribution in [1.82, 2.24) is 14.6 Å². The molecule has 2 aromatic heterocycles. The molecule has 1 saturated carbocycles. The maximum absolute atomic E-state index is 13.7. The lowest BCUT2D eigenvalue weighted by Gasteiger charge is -2.29. The number of hydrogen-bond donors (Lipinski definition) is 4. The van der Waals surface area contributed by atoms with Crippen molar-refractivity contribution in [2.75, 3.05) is 25.6 Å². The van der Waals surface area contributed by atoms with Crippen molar-refractivity contribution in [1.29, 1.82) is 5.26 Å². The van der Waals surface area contributed by atoms with Crippen LogP contribution in [0.15, 0.2) is 36.7 Å². The Morgan fingerprint density at radius 3 is 2.23 bits per heavy atom. The van der Waals surface area contributed by atoms with Crippen LogP contribution in [-0.2, 0) is 40.0 Å². The Kier molecular flexibility index (Phi) is 17.1. The lowest BCUT2D eigenvalue weighted by molar-refractivity contribution is -0.107. The summed E-state index contributed by atoms with van der Waals surface area (Å²) < 4.78 is 56.3. The van der Waals surface area contributed by atoms with Gasteiger partial charge in [0.05, 0.1) is 30.5 Å². The van der Waals surface area contributed by atoms with Crippen molar-refractivity contribution in [2.45, 2.75) is 152 Å². The molecule has 1 aliphatic carbocycles. The first-order valence-corrected chi connectivity index (χ1v) is 22.2. The zero-order chi connectivity index (χ0) is 40.9. The Balaban J connectivity index is 1.03. The molecule has 5 rings (SSSR count). The van der Waals surface area contributed by atoms with E-state index in [0.717, 1.165) is 25.6 Å². The number of phosphoric acid groups is 1. The standard InChI is InChI=1S/C40H58ClFN5O9P/c1-2-3-4-5-6-7-8-9-10-11-12-13-14-15-16-17-22-52-25-30(53-24-29-18-19-32(42)31(41)23-29)26-54-57(50,51)56-36-35-40(36,49)38(48)39(27-43,55-35)34-21-20-33-37(44)45-28-46-47(33)34/h18-21,23,28,30,35-36,38,48-49H,2-17,22,24-26H2,1H3,(H,50,51)(H2,44,45,46)/t30-,35-,36?,38+,39+,40+/m1/s1. The molecule has 1 saturated heterocycles. The number of hydrogen-bond acceptors (Lipinski definition) is 12. The van der Waals surface area contributed by atoms with E-state index in [0.29, 0.717) is 17.7 Å². The van der Waals surface area contributed by atoms with E-state index in [-0.39, 0.29) is 29.7 Å². The number of nitrogen functional groups attached to an aromatic ring is 1. The van der Waals surface area contributed by atoms with Crippen LogP contribution in [0.4, 0.5) is 10.2 Å². The second-order valence-corrected chi connectivity index (χ2v) is 17.0. The number of aromatic nitrogens is 3. The summed E-state index contributed by atoms with van der Waals surface area (Å²) in [7, 11) is -4.89. The number of halogens is 2. The zero-order valence-electron chi connectivity index (χ0n) is 32.8. The summed E-state index contributed by atoms with van der Waals surface area (Å²) in [6.45, 7) is 2.27. The number of rotatable bonds is 28. The van der Waals surface area contributed by atoms with Crippen molar-refractivity contribution in [3.05, 3.63) is 58.8 Å². The van der Waals surface area contributed by atoms with Gasteiger partial charge in [-0.05, 0) is 36.2 Å². The summed E-state index contributed by atoms with van der Waals surface area (Å²) in [4.78, 5) is 14.6. The number of phosphoric ester groups is 1. The molecule has 3 heterocycles. The first-order valence-electron chi connectivity index (χ1n) is 20.3. The molecule has 3 aromatic rings. The fraction of sp³-hybridized carbons (Fsp3) is 0.675. The van der Waals surface area contributed by atoms with E-state index in [4.69, 9.17) is 40.6 Å². The quantitative estimate of drug-likeness (QED) is 0.0410. The minimum atomic E-state index is -4.89. The van der Waals surface area contributed by atoms with E-state index in [9.17, 15) is 29.3 Å². The van der Waals surface area contributed by atoms with Crippen LogP contribution in [0.3, 0.4) is 0 Å². The van der Waals surface area contributed by atoms with Crippen LogP contribution < -0.4 is 5.73 Å². The van der Waals surface area contributed by atoms with Crippen LogP contribution in [0.25, 0.3) is 5.52 Å². The van der Waals surface area contributed by atoms with Crippen molar-refractivity contribution >= 4 is 30.8 Å². The SMILES string of the molecule is CCCCCCCCCCCCCCCCCCOC[C@H](COP(=O)(O)OC1[C@H]2O[C@@](C#N)(c3ccc4c(N)ncnn34)[C@H](O)[C@@]12O)OCc1ccc(F)c(Cl)c1. The second-order valence-electron chi connectivity index (χ2n) is 15.2. The van der Waals surface area contributed by atoms with Gasteiger partial charge in [0.25, 0.3) is 0 Å². The van der Waals surface area contributed by atoms with E-state index < -0.39 is 55.9 Å². The van der Waals surface area contributed by atoms with Gasteiger partial charge in [0.1, 0.15) is 48.1 Å². The van der Waals surface area contributed by atoms with E-state index >= 15 is 0 Å². The topological polar surface area (TPSA) is 204 Å². The number of anilines is 1. The molecule has 5 N–H and O–H groups in total. The Morgan fingerprint density at radius 2 is 1.65 bits per heavy atom. The molecule has 2 fully saturated rings. The molecule has 14 nitrogen and oxygen atoms in total. The molecule has 1 aliphatic heterocycles. The number of nitriles is 1. The predicted octanol–water partition coefficient (Wildman–Crippen LogP) is 7.69. The molecule has 0 radical (unpaired) electrons. The molecule has 0 bridgehead atoms. The highest BCUT2D eigenvalue weighted by Crippen LogP contribution is 2.63. The second kappa shape index (κ2) is 21.5. The highest BCUT2D eigenvalue weighted by Gasteiger charge is 2.83. The van der Waals surface area contributed by atoms with Crippen molar-refractivity contribution in [3.63, 3.8) is 0 Å². The highest BCUT2D eigenvalue weighted by atomic mass is 35.5. The van der Waals surface area contributed by atoms with Crippen molar-refractivity contribution in [2.24, 2.45) is 0 Å². The van der Waals surface area contributed by atoms with Crippen molar-refractivity contribution < 1.29 is 47.3 Å². The van der Waals surface area contributed by atoms with Crippen LogP contribution in [0.5, 0.6) is 0 Å². The summed E-state index contributed by atoms with van der Waals surface area (Å²) in [5, 5.41) is 36.7. The zero-order valence-corrected chi connectivity index (χ0v) is 34.4. The molecule has 0 amide bonds. The first-order chi connectivity index (χ1) is 27.5. The number of nitrogens with two attached hydrogens (primary N) is 1. The third-order valence-electron chi connectivity index (χ3n) is 10.8. The summed E-state index contributed by atoms with van der Waals surface area (Å²) in [5.41, 5.74) is 2.58. The van der Waals surface area contributed by atoms with Gasteiger partial charge in [-0.1, -0.05) is 121 Å². The van der Waals surface area contributed by atoms with Crippen molar-refractivity contribution in [3.8, 4) is 6.07 Å². The molecule has 2 unspecified atom stereocenters. The summed E-state index contributed by atoms with van der Waals surface area (Å²) in [6.07, 6.45) is 15.7. The van der Waals surface area contributed by atoms with Gasteiger partial charge in [-0.2, -0.15) is 10.4 Å². The fourth-order valence-corrected chi connectivity index (χ4v) is 8.60. The van der Waals surface area contributed by atoms with E-state index in [1.165, 1.54) is 118 Å². The van der Waals surface area contributed by atoms with Gasteiger partial charge in [-0.25, -0.2) is 18.5 Å². The maximum Gasteiger partial charge on any atom is 0.472 e. The van der Waals surface area contributed by atoms with Crippen LogP contribution in [0, 0.1) is 17.1 Å². The highest BCUT2D eigenvalue weighted by molar-refractivity contribution is 7.47. The minimum absolute atomic E-state index is 0.0151. The summed E-state index contributed by atoms with van der Waals surface area (Å²) in [5.74, 6) is -0.455. The third-order valence-corrected chi connectivity index (χ3v) is 12.1. The van der Waals surface area contributed by atoms with Gasteiger partial charge in [0.15, 0.2) is 11.4 Å². The van der Waals surface area contributed by atoms with Gasteiger partial charge < -0.3 is 35.1 Å². The Bertz CT molecular complexity index is 1820. The number of ether oxygens (including phenoxy) is 3. The largest absolute Gasteiger partial charge is 0.472 e. The molecule has 7 atom stereocenters. The first kappa shape index (κ1) is 45.3. The van der Waals surface area contributed by atoms with Crippen LogP contribution in [-0.4, -0.2) is 79.5 Å². The fourth-order valence-electron chi connectivity index (χ4n) is 7.41. The summed E-state index contributed by atoms with van der Waals surface area (Å²) >= 11 is 5.93. The van der Waals surface area contributed by atoms with Gasteiger partial charge in [0.2, 0.25) is 5.60 Å². The third kappa shape index (κ3) is 11.7. The maximum atomic E-state index is 13.7. The molecule has 17 heteroatoms. The van der Waals surface area contributed by atoms with Crippen LogP contribution in [0.2, 0.25) is 5.02 Å². The number of benzene rings is 1. The molecule has 0 spiro atoms. The van der Waals surface area contributed by atoms with E-state index in [1.54, 1.807) is 0 Å². The smallest absolute Gasteiger partial charge is 0.385 e. The Morgan fingerprint density at radius 1 is 1.02 bits per heavy atom. The lowest BCUT2D eigenvalue weighted by atomic mass is 9.90. The number of nitrogens with zero attached hydrogens (tertiary/aromatic N) is 4. The van der Waals surface area contributed by atoms with E-state index in [1.807, 2.05) is 6.07 Å². The predicted molar refractivity (Wildman–Crippen MR) is 212 cm³/mol. The average Bonchev–Trinajstić information content (AvgIpc) is 3.43. The average molecular weight is 838 g/mol. The molecule has 57 heavy (non-hydrogen) atoms. The molecule has 316 valence electrons. The normalized spacial score (nSPS) is 24.3. The minimum Gasteiger partial charge on any atom is -0.385 e. The molecule has 2 aliphatic rings. The molecular formula is C40H58ClFN5O9P. The molecular weight excluding hydrogens is 780 g/mol. The Labute approximate surface area is 339 Å². The summed E-state index contributed by atoms with van der Waals surface area (Å²) in [6, 6.07) is 9.05. The van der Waals surface area contributed by atoms with Crippen LogP contribution >= 0.6 is 19.4 Å². The van der Waals surface area contributed by atoms with E-state index in [2.05, 4.69) is 17.0 Å². The van der Waals surface area contributed by atoms with Gasteiger partial charge in [-0.3, -0.25) is 9.05 Å². The number of fused-ring (bicyclic) bond motifs is 2. The lowest BCUT2D eigenvalue weighted by Crippen LogP contribution is -2.47. The van der Waals surface area contributed by atoms with Gasteiger partial charge in [0, 0.05) is 6.61 Å².